The number of carbonyl (C=O) groups excluding carboxylic acids is 1. The number of anilines is 1. The van der Waals surface area contributed by atoms with Crippen molar-refractivity contribution in [1.29, 1.82) is 0 Å². The maximum atomic E-state index is 14.3. The predicted molar refractivity (Wildman–Crippen MR) is 78.4 cm³/mol. The summed E-state index contributed by atoms with van der Waals surface area (Å²) in [5.41, 5.74) is 4.53. The van der Waals surface area contributed by atoms with Crippen LogP contribution in [0.4, 0.5) is 14.6 Å². The van der Waals surface area contributed by atoms with Gasteiger partial charge in [-0.2, -0.15) is 4.98 Å². The molecule has 0 saturated carbocycles. The molecule has 10 heteroatoms. The highest BCUT2D eigenvalue weighted by Gasteiger charge is 2.60. The molecule has 0 bridgehead atoms. The zero-order chi connectivity index (χ0) is 18.1. The van der Waals surface area contributed by atoms with Crippen molar-refractivity contribution in [3.05, 3.63) is 22.7 Å². The second-order valence-corrected chi connectivity index (χ2v) is 5.54. The van der Waals surface area contributed by atoms with Crippen molar-refractivity contribution in [3.63, 3.8) is 0 Å². The molecule has 1 aromatic heterocycles. The molecule has 4 unspecified atom stereocenters. The van der Waals surface area contributed by atoms with Gasteiger partial charge in [-0.3, -0.25) is 9.36 Å². The van der Waals surface area contributed by atoms with Gasteiger partial charge in [-0.1, -0.05) is 6.92 Å². The number of hydrogen-bond donors (Lipinski definition) is 2. The van der Waals surface area contributed by atoms with E-state index in [0.29, 0.717) is 0 Å². The van der Waals surface area contributed by atoms with Gasteiger partial charge in [0.1, 0.15) is 30.2 Å². The first-order valence-electron chi connectivity index (χ1n) is 7.40. The van der Waals surface area contributed by atoms with Crippen LogP contribution in [0, 0.1) is 0 Å². The normalized spacial score (nSPS) is 27.0. The van der Waals surface area contributed by atoms with Gasteiger partial charge < -0.3 is 20.3 Å². The van der Waals surface area contributed by atoms with E-state index < -0.39 is 48.5 Å². The summed E-state index contributed by atoms with van der Waals surface area (Å²) in [7, 11) is 0. The topological polar surface area (TPSA) is 117 Å². The highest BCUT2D eigenvalue weighted by Crippen LogP contribution is 2.38. The summed E-state index contributed by atoms with van der Waals surface area (Å²) in [4.78, 5) is 26.4. The van der Waals surface area contributed by atoms with E-state index in [0.717, 1.165) is 4.57 Å². The fourth-order valence-corrected chi connectivity index (χ4v) is 2.41. The Kier molecular flexibility index (Phi) is 5.19. The molecule has 24 heavy (non-hydrogen) atoms. The highest BCUT2D eigenvalue weighted by molar-refractivity contribution is 5.69. The molecule has 1 aliphatic heterocycles. The number of aliphatic hydroxyl groups excluding tert-OH is 1. The number of nitrogen functional groups attached to an aromatic ring is 1. The maximum Gasteiger partial charge on any atom is 0.349 e. The van der Waals surface area contributed by atoms with Crippen molar-refractivity contribution in [1.82, 2.24) is 9.55 Å². The Balaban J connectivity index is 2.16. The molecule has 0 amide bonds. The minimum atomic E-state index is -3.63. The van der Waals surface area contributed by atoms with Gasteiger partial charge in [-0.05, 0) is 13.0 Å². The molecule has 0 radical (unpaired) electrons. The number of aromatic nitrogens is 2. The standard InChI is InChI=1S/C14H19F2N3O5/c1-3-10(20)23-7(2)11-12(21)14(15,16)8(24-11)6-19-5-4-9(17)18-13(19)22/h4-5,7-8,11-12,21H,3,6H2,1-2H3,(H2,17,18,22). The predicted octanol–water partition coefficient (Wildman–Crippen LogP) is -0.0692. The summed E-state index contributed by atoms with van der Waals surface area (Å²) in [5.74, 6) is -4.25. The monoisotopic (exact) mass is 347 g/mol. The van der Waals surface area contributed by atoms with E-state index in [4.69, 9.17) is 15.2 Å². The van der Waals surface area contributed by atoms with Crippen LogP contribution in [0.15, 0.2) is 17.1 Å². The van der Waals surface area contributed by atoms with Crippen molar-refractivity contribution >= 4 is 11.8 Å². The molecule has 8 nitrogen and oxygen atoms in total. The Labute approximate surface area is 136 Å². The average Bonchev–Trinajstić information content (AvgIpc) is 2.73. The van der Waals surface area contributed by atoms with Crippen LogP contribution in [0.5, 0.6) is 0 Å². The molecule has 0 spiro atoms. The fourth-order valence-electron chi connectivity index (χ4n) is 2.41. The Hall–Kier alpha value is -2.07. The molecule has 1 aliphatic rings. The molecular formula is C14H19F2N3O5. The SMILES string of the molecule is CCC(=O)OC(C)C1OC(Cn2ccc(N)nc2=O)C(F)(F)C1O. The molecule has 1 fully saturated rings. The van der Waals surface area contributed by atoms with Crippen molar-refractivity contribution in [3.8, 4) is 0 Å². The Bertz CT molecular complexity index is 666. The minimum Gasteiger partial charge on any atom is -0.460 e. The van der Waals surface area contributed by atoms with Crippen LogP contribution in [0.2, 0.25) is 0 Å². The Morgan fingerprint density at radius 1 is 1.62 bits per heavy atom. The number of esters is 1. The molecule has 2 rings (SSSR count). The Morgan fingerprint density at radius 2 is 2.29 bits per heavy atom. The van der Waals surface area contributed by atoms with Gasteiger partial charge in [0, 0.05) is 12.6 Å². The number of nitrogens with two attached hydrogens (primary N) is 1. The van der Waals surface area contributed by atoms with Gasteiger partial charge in [-0.15, -0.1) is 0 Å². The van der Waals surface area contributed by atoms with Crippen molar-refractivity contribution in [2.45, 2.75) is 57.2 Å². The van der Waals surface area contributed by atoms with Gasteiger partial charge in [0.05, 0.1) is 6.54 Å². The summed E-state index contributed by atoms with van der Waals surface area (Å²) in [6.07, 6.45) is -5.13. The zero-order valence-corrected chi connectivity index (χ0v) is 13.2. The molecule has 3 N–H and O–H groups in total. The number of hydrogen-bond acceptors (Lipinski definition) is 7. The summed E-state index contributed by atoms with van der Waals surface area (Å²) in [6.45, 7) is 2.39. The lowest BCUT2D eigenvalue weighted by Crippen LogP contribution is -2.45. The molecular weight excluding hydrogens is 328 g/mol. The Morgan fingerprint density at radius 3 is 2.88 bits per heavy atom. The van der Waals surface area contributed by atoms with Gasteiger partial charge in [0.25, 0.3) is 0 Å². The molecule has 1 saturated heterocycles. The molecule has 2 heterocycles. The average molecular weight is 347 g/mol. The van der Waals surface area contributed by atoms with Crippen LogP contribution in [-0.4, -0.2) is 51.0 Å². The zero-order valence-electron chi connectivity index (χ0n) is 13.2. The van der Waals surface area contributed by atoms with Crippen molar-refractivity contribution < 1.29 is 28.2 Å². The van der Waals surface area contributed by atoms with Crippen LogP contribution < -0.4 is 11.4 Å². The van der Waals surface area contributed by atoms with Gasteiger partial charge in [0.15, 0.2) is 0 Å². The van der Waals surface area contributed by atoms with Gasteiger partial charge in [-0.25, -0.2) is 13.6 Å². The third kappa shape index (κ3) is 3.54. The van der Waals surface area contributed by atoms with Crippen LogP contribution in [-0.2, 0) is 20.8 Å². The fraction of sp³-hybridized carbons (Fsp3) is 0.643. The van der Waals surface area contributed by atoms with Gasteiger partial charge >= 0.3 is 17.6 Å². The van der Waals surface area contributed by atoms with Crippen LogP contribution in [0.3, 0.4) is 0 Å². The van der Waals surface area contributed by atoms with Crippen LogP contribution >= 0.6 is 0 Å². The lowest BCUT2D eigenvalue weighted by molar-refractivity contribution is -0.158. The summed E-state index contributed by atoms with van der Waals surface area (Å²) in [5, 5.41) is 9.85. The second-order valence-electron chi connectivity index (χ2n) is 5.54. The number of aliphatic hydroxyl groups is 1. The smallest absolute Gasteiger partial charge is 0.349 e. The number of halogens is 2. The number of carbonyl (C=O) groups is 1. The number of nitrogens with zero attached hydrogens (tertiary/aromatic N) is 2. The molecule has 134 valence electrons. The number of alkyl halides is 2. The summed E-state index contributed by atoms with van der Waals surface area (Å²) in [6, 6.07) is 1.29. The maximum absolute atomic E-state index is 14.3. The quantitative estimate of drug-likeness (QED) is 0.716. The number of ether oxygens (including phenoxy) is 2. The lowest BCUT2D eigenvalue weighted by atomic mass is 10.0. The highest BCUT2D eigenvalue weighted by atomic mass is 19.3. The first-order valence-corrected chi connectivity index (χ1v) is 7.40. The minimum absolute atomic E-state index is 0.0339. The lowest BCUT2D eigenvalue weighted by Gasteiger charge is -2.22. The second kappa shape index (κ2) is 6.81. The first-order chi connectivity index (χ1) is 11.2. The van der Waals surface area contributed by atoms with Crippen molar-refractivity contribution in [2.75, 3.05) is 5.73 Å². The van der Waals surface area contributed by atoms with E-state index in [1.807, 2.05) is 0 Å². The molecule has 4 atom stereocenters. The van der Waals surface area contributed by atoms with Crippen LogP contribution in [0.1, 0.15) is 20.3 Å². The summed E-state index contributed by atoms with van der Waals surface area (Å²) < 4.78 is 39.5. The van der Waals surface area contributed by atoms with E-state index in [2.05, 4.69) is 4.98 Å². The van der Waals surface area contributed by atoms with Crippen molar-refractivity contribution in [2.24, 2.45) is 0 Å². The first kappa shape index (κ1) is 18.3. The summed E-state index contributed by atoms with van der Waals surface area (Å²) >= 11 is 0. The molecule has 0 aromatic carbocycles. The largest absolute Gasteiger partial charge is 0.460 e. The van der Waals surface area contributed by atoms with E-state index in [1.54, 1.807) is 6.92 Å². The van der Waals surface area contributed by atoms with Gasteiger partial charge in [0.2, 0.25) is 0 Å². The van der Waals surface area contributed by atoms with E-state index >= 15 is 0 Å². The molecule has 0 aliphatic carbocycles. The molecule has 1 aromatic rings. The third-order valence-corrected chi connectivity index (χ3v) is 3.78. The van der Waals surface area contributed by atoms with E-state index in [9.17, 15) is 23.5 Å². The van der Waals surface area contributed by atoms with Crippen LogP contribution in [0.25, 0.3) is 0 Å². The van der Waals surface area contributed by atoms with E-state index in [-0.39, 0.29) is 12.2 Å². The van der Waals surface area contributed by atoms with E-state index in [1.165, 1.54) is 19.2 Å². The third-order valence-electron chi connectivity index (χ3n) is 3.78. The number of rotatable bonds is 5.